The van der Waals surface area contributed by atoms with Crippen molar-refractivity contribution in [3.63, 3.8) is 0 Å². The summed E-state index contributed by atoms with van der Waals surface area (Å²) in [7, 11) is 1.88. The first-order valence-corrected chi connectivity index (χ1v) is 7.28. The molecule has 0 aliphatic carbocycles. The van der Waals surface area contributed by atoms with Crippen LogP contribution in [0, 0.1) is 0 Å². The van der Waals surface area contributed by atoms with Gasteiger partial charge in [0.25, 0.3) is 0 Å². The summed E-state index contributed by atoms with van der Waals surface area (Å²) >= 11 is 0. The molecule has 3 rings (SSSR count). The third-order valence-corrected chi connectivity index (χ3v) is 4.52. The molecule has 2 atom stereocenters. The van der Waals surface area contributed by atoms with Crippen molar-refractivity contribution in [3.8, 4) is 11.5 Å². The smallest absolute Gasteiger partial charge is 0.222 e. The largest absolute Gasteiger partial charge is 0.507 e. The van der Waals surface area contributed by atoms with Crippen LogP contribution >= 0.6 is 0 Å². The maximum atomic E-state index is 12.2. The van der Waals surface area contributed by atoms with Crippen LogP contribution in [0.15, 0.2) is 26.3 Å². The minimum Gasteiger partial charge on any atom is -0.507 e. The molecule has 2 heterocycles. The van der Waals surface area contributed by atoms with E-state index < -0.39 is 5.43 Å². The van der Waals surface area contributed by atoms with E-state index in [1.165, 1.54) is 0 Å². The molecule has 23 heavy (non-hydrogen) atoms. The number of hydrogen-bond acceptors (Lipinski definition) is 7. The van der Waals surface area contributed by atoms with E-state index in [1.807, 2.05) is 11.9 Å². The van der Waals surface area contributed by atoms with Crippen LogP contribution in [0.4, 0.5) is 5.88 Å². The molecule has 2 aromatic rings. The van der Waals surface area contributed by atoms with Gasteiger partial charge in [-0.15, -0.1) is 0 Å². The summed E-state index contributed by atoms with van der Waals surface area (Å²) in [6.45, 7) is 3.98. The number of aliphatic hydroxyl groups is 1. The van der Waals surface area contributed by atoms with Crippen LogP contribution in [0.3, 0.4) is 0 Å². The molecule has 0 bridgehead atoms. The van der Waals surface area contributed by atoms with Gasteiger partial charge in [-0.3, -0.25) is 4.79 Å². The van der Waals surface area contributed by atoms with Crippen LogP contribution in [0.5, 0.6) is 11.5 Å². The Hall–Kier alpha value is -2.38. The summed E-state index contributed by atoms with van der Waals surface area (Å²) < 4.78 is 5.58. The van der Waals surface area contributed by atoms with Crippen molar-refractivity contribution >= 4 is 23.6 Å². The highest BCUT2D eigenvalue weighted by Crippen LogP contribution is 2.43. The summed E-state index contributed by atoms with van der Waals surface area (Å²) in [5.74, 6) is -0.729. The van der Waals surface area contributed by atoms with Gasteiger partial charge >= 0.3 is 0 Å². The number of aliphatic imine (C=N–C) groups is 1. The average Bonchev–Trinajstić information content (AvgIpc) is 2.86. The zero-order valence-electron chi connectivity index (χ0n) is 12.7. The number of nitrogens with zero attached hydrogens (tertiary/aromatic N) is 2. The van der Waals surface area contributed by atoms with Crippen LogP contribution in [-0.2, 0) is 0 Å². The maximum Gasteiger partial charge on any atom is 0.222 e. The lowest BCUT2D eigenvalue weighted by molar-refractivity contribution is 0.172. The summed E-state index contributed by atoms with van der Waals surface area (Å²) in [4.78, 5) is 17.8. The standard InChI is InChI=1S/C16H18N2O5/c1-17-13-6-12(22)15-11(21)5-10(20)14(16(15)23-13)8-3-4-18(2)9(8)7-19/h5-6,8-9,19-21H,1,3-4,7H2,2H3. The molecule has 0 saturated carbocycles. The second-order valence-electron chi connectivity index (χ2n) is 5.77. The summed E-state index contributed by atoms with van der Waals surface area (Å²) in [6.07, 6.45) is 0.685. The van der Waals surface area contributed by atoms with E-state index in [4.69, 9.17) is 4.42 Å². The highest BCUT2D eigenvalue weighted by atomic mass is 16.3. The third-order valence-electron chi connectivity index (χ3n) is 4.52. The van der Waals surface area contributed by atoms with Gasteiger partial charge < -0.3 is 24.6 Å². The molecule has 0 amide bonds. The normalized spacial score (nSPS) is 21.8. The quantitative estimate of drug-likeness (QED) is 0.737. The van der Waals surface area contributed by atoms with E-state index in [9.17, 15) is 20.1 Å². The number of phenols is 2. The highest BCUT2D eigenvalue weighted by molar-refractivity contribution is 5.89. The van der Waals surface area contributed by atoms with Crippen molar-refractivity contribution in [3.05, 3.63) is 27.9 Å². The first-order chi connectivity index (χ1) is 11.0. The summed E-state index contributed by atoms with van der Waals surface area (Å²) in [5, 5.41) is 30.0. The van der Waals surface area contributed by atoms with Gasteiger partial charge in [-0.1, -0.05) is 0 Å². The minimum absolute atomic E-state index is 0.00329. The van der Waals surface area contributed by atoms with Gasteiger partial charge in [0.2, 0.25) is 5.88 Å². The van der Waals surface area contributed by atoms with Crippen LogP contribution in [0.25, 0.3) is 11.0 Å². The number of fused-ring (bicyclic) bond motifs is 1. The van der Waals surface area contributed by atoms with E-state index >= 15 is 0 Å². The van der Waals surface area contributed by atoms with E-state index in [2.05, 4.69) is 11.7 Å². The summed E-state index contributed by atoms with van der Waals surface area (Å²) in [6, 6.07) is 2.07. The molecule has 7 nitrogen and oxygen atoms in total. The van der Waals surface area contributed by atoms with Gasteiger partial charge in [0.15, 0.2) is 11.0 Å². The van der Waals surface area contributed by atoms with Gasteiger partial charge in [0.05, 0.1) is 6.61 Å². The van der Waals surface area contributed by atoms with Crippen molar-refractivity contribution in [1.82, 2.24) is 4.90 Å². The number of rotatable bonds is 3. The fraction of sp³-hybridized carbons (Fsp3) is 0.375. The summed E-state index contributed by atoms with van der Waals surface area (Å²) in [5.41, 5.74) is 0.0410. The fourth-order valence-corrected chi connectivity index (χ4v) is 3.36. The Labute approximate surface area is 132 Å². The molecule has 7 heteroatoms. The Morgan fingerprint density at radius 2 is 2.13 bits per heavy atom. The molecule has 3 N–H and O–H groups in total. The van der Waals surface area contributed by atoms with E-state index in [1.54, 1.807) is 0 Å². The first kappa shape index (κ1) is 15.5. The van der Waals surface area contributed by atoms with Gasteiger partial charge in [-0.2, -0.15) is 0 Å². The molecule has 1 aliphatic rings. The van der Waals surface area contributed by atoms with Crippen LogP contribution in [0.2, 0.25) is 0 Å². The zero-order chi connectivity index (χ0) is 16.7. The van der Waals surface area contributed by atoms with Gasteiger partial charge in [0, 0.05) is 29.7 Å². The highest BCUT2D eigenvalue weighted by Gasteiger charge is 2.36. The van der Waals surface area contributed by atoms with Crippen molar-refractivity contribution in [2.24, 2.45) is 4.99 Å². The Morgan fingerprint density at radius 1 is 1.39 bits per heavy atom. The molecule has 1 aromatic heterocycles. The van der Waals surface area contributed by atoms with E-state index in [0.717, 1.165) is 18.7 Å². The van der Waals surface area contributed by atoms with Crippen molar-refractivity contribution in [1.29, 1.82) is 0 Å². The lowest BCUT2D eigenvalue weighted by Crippen LogP contribution is -2.32. The van der Waals surface area contributed by atoms with Crippen molar-refractivity contribution < 1.29 is 19.7 Å². The molecule has 122 valence electrons. The predicted octanol–water partition coefficient (Wildman–Crippen LogP) is 1.32. The molecular weight excluding hydrogens is 300 g/mol. The Balaban J connectivity index is 2.34. The van der Waals surface area contributed by atoms with Crippen LogP contribution < -0.4 is 5.43 Å². The number of aromatic hydroxyl groups is 2. The molecule has 1 saturated heterocycles. The van der Waals surface area contributed by atoms with Crippen LogP contribution in [0.1, 0.15) is 17.9 Å². The number of phenolic OH excluding ortho intramolecular Hbond substituents is 2. The first-order valence-electron chi connectivity index (χ1n) is 7.28. The molecule has 1 aromatic carbocycles. The lowest BCUT2D eigenvalue weighted by atomic mass is 9.89. The van der Waals surface area contributed by atoms with Gasteiger partial charge in [0.1, 0.15) is 16.9 Å². The topological polar surface area (TPSA) is 106 Å². The second-order valence-corrected chi connectivity index (χ2v) is 5.77. The Morgan fingerprint density at radius 3 is 2.78 bits per heavy atom. The van der Waals surface area contributed by atoms with Crippen molar-refractivity contribution in [2.45, 2.75) is 18.4 Å². The number of likely N-dealkylation sites (N-methyl/N-ethyl adjacent to an activating group) is 1. The maximum absolute atomic E-state index is 12.2. The molecule has 0 spiro atoms. The average molecular weight is 318 g/mol. The SMILES string of the molecule is C=Nc1cc(=O)c2c(O)cc(O)c(C3CCN(C)C3CO)c2o1. The number of hydrogen-bond donors (Lipinski definition) is 3. The number of likely N-dealkylation sites (tertiary alicyclic amines) is 1. The molecule has 1 fully saturated rings. The second kappa shape index (κ2) is 5.68. The van der Waals surface area contributed by atoms with E-state index in [0.29, 0.717) is 12.0 Å². The Kier molecular flexibility index (Phi) is 3.83. The van der Waals surface area contributed by atoms with Crippen molar-refractivity contribution in [2.75, 3.05) is 20.2 Å². The van der Waals surface area contributed by atoms with Crippen LogP contribution in [-0.4, -0.2) is 53.2 Å². The molecule has 0 radical (unpaired) electrons. The predicted molar refractivity (Wildman–Crippen MR) is 85.9 cm³/mol. The van der Waals surface area contributed by atoms with Gasteiger partial charge in [-0.05, 0) is 26.7 Å². The third kappa shape index (κ3) is 2.38. The number of aliphatic hydroxyl groups excluding tert-OH is 1. The number of benzene rings is 1. The fourth-order valence-electron chi connectivity index (χ4n) is 3.36. The monoisotopic (exact) mass is 318 g/mol. The molecule has 2 unspecified atom stereocenters. The minimum atomic E-state index is -0.459. The van der Waals surface area contributed by atoms with Gasteiger partial charge in [-0.25, -0.2) is 4.99 Å². The Bertz CT molecular complexity index is 829. The molecule has 1 aliphatic heterocycles. The lowest BCUT2D eigenvalue weighted by Gasteiger charge is -2.24. The van der Waals surface area contributed by atoms with E-state index in [-0.39, 0.29) is 46.9 Å². The zero-order valence-corrected chi connectivity index (χ0v) is 12.7. The molecular formula is C16H18N2O5.